The first kappa shape index (κ1) is 14.6. The van der Waals surface area contributed by atoms with Gasteiger partial charge in [-0.15, -0.1) is 0 Å². The molecule has 2 aromatic rings. The van der Waals surface area contributed by atoms with Gasteiger partial charge in [0.15, 0.2) is 0 Å². The summed E-state index contributed by atoms with van der Waals surface area (Å²) in [4.78, 5) is 4.73. The fourth-order valence-electron chi connectivity index (χ4n) is 2.61. The lowest BCUT2D eigenvalue weighted by Crippen LogP contribution is -2.33. The van der Waals surface area contributed by atoms with Gasteiger partial charge in [0.25, 0.3) is 0 Å². The fraction of sp³-hybridized carbons (Fsp3) is 0.333. The fourth-order valence-corrected chi connectivity index (χ4v) is 2.61. The quantitative estimate of drug-likeness (QED) is 0.942. The van der Waals surface area contributed by atoms with Crippen molar-refractivity contribution in [3.63, 3.8) is 0 Å². The van der Waals surface area contributed by atoms with Gasteiger partial charge in [0.2, 0.25) is 0 Å². The van der Waals surface area contributed by atoms with Gasteiger partial charge in [-0.3, -0.25) is 4.98 Å². The molecule has 0 spiro atoms. The number of nitrogens with zero attached hydrogens (tertiary/aromatic N) is 2. The van der Waals surface area contributed by atoms with Crippen molar-refractivity contribution in [2.45, 2.75) is 39.0 Å². The van der Waals surface area contributed by atoms with Crippen molar-refractivity contribution in [3.05, 3.63) is 58.9 Å². The van der Waals surface area contributed by atoms with Crippen molar-refractivity contribution >= 4 is 5.69 Å². The number of nitriles is 1. The van der Waals surface area contributed by atoms with E-state index in [2.05, 4.69) is 25.2 Å². The Hall–Kier alpha value is -2.38. The monoisotopic (exact) mass is 293 g/mol. The number of ether oxygens (including phenoxy) is 1. The van der Waals surface area contributed by atoms with Gasteiger partial charge in [-0.05, 0) is 32.0 Å². The Balaban J connectivity index is 1.86. The second-order valence-corrected chi connectivity index (χ2v) is 6.14. The zero-order valence-corrected chi connectivity index (χ0v) is 12.9. The van der Waals surface area contributed by atoms with Gasteiger partial charge in [-0.2, -0.15) is 5.26 Å². The molecular formula is C18H19N3O. The SMILES string of the molecule is CC1(C)Cc2nc(CNc3ccccc3)c(C#N)cc2CO1. The number of fused-ring (bicyclic) bond motifs is 1. The summed E-state index contributed by atoms with van der Waals surface area (Å²) in [6.07, 6.45) is 0.770. The van der Waals surface area contributed by atoms with Crippen LogP contribution in [0.5, 0.6) is 0 Å². The van der Waals surface area contributed by atoms with Crippen LogP contribution in [0.3, 0.4) is 0 Å². The smallest absolute Gasteiger partial charge is 0.101 e. The van der Waals surface area contributed by atoms with Gasteiger partial charge in [0.05, 0.1) is 30.0 Å². The molecule has 1 N–H and O–H groups in total. The third kappa shape index (κ3) is 3.10. The number of benzene rings is 1. The van der Waals surface area contributed by atoms with E-state index in [0.29, 0.717) is 18.7 Å². The first-order valence-electron chi connectivity index (χ1n) is 7.42. The van der Waals surface area contributed by atoms with E-state index < -0.39 is 0 Å². The maximum absolute atomic E-state index is 9.36. The van der Waals surface area contributed by atoms with E-state index >= 15 is 0 Å². The largest absolute Gasteiger partial charge is 0.379 e. The molecule has 0 saturated carbocycles. The molecule has 0 saturated heterocycles. The normalized spacial score (nSPS) is 15.7. The van der Waals surface area contributed by atoms with Gasteiger partial charge < -0.3 is 10.1 Å². The number of hydrogen-bond acceptors (Lipinski definition) is 4. The highest BCUT2D eigenvalue weighted by Crippen LogP contribution is 2.28. The van der Waals surface area contributed by atoms with Crippen LogP contribution in [0.15, 0.2) is 36.4 Å². The van der Waals surface area contributed by atoms with Crippen molar-refractivity contribution in [2.75, 3.05) is 5.32 Å². The number of pyridine rings is 1. The van der Waals surface area contributed by atoms with Crippen LogP contribution in [0.4, 0.5) is 5.69 Å². The van der Waals surface area contributed by atoms with E-state index in [0.717, 1.165) is 29.1 Å². The van der Waals surface area contributed by atoms with Crippen LogP contribution in [0.1, 0.15) is 36.4 Å². The summed E-state index contributed by atoms with van der Waals surface area (Å²) in [6, 6.07) is 14.1. The molecular weight excluding hydrogens is 274 g/mol. The Morgan fingerprint density at radius 2 is 2.09 bits per heavy atom. The Labute approximate surface area is 130 Å². The lowest BCUT2D eigenvalue weighted by molar-refractivity contribution is -0.0413. The van der Waals surface area contributed by atoms with Crippen molar-refractivity contribution in [1.82, 2.24) is 4.98 Å². The standard InChI is InChI=1S/C18H19N3O/c1-18(2)9-16-14(12-22-18)8-13(10-19)17(21-16)11-20-15-6-4-3-5-7-15/h3-8,20H,9,11-12H2,1-2H3. The molecule has 1 aliphatic heterocycles. The van der Waals surface area contributed by atoms with Crippen LogP contribution in [0, 0.1) is 11.3 Å². The Morgan fingerprint density at radius 3 is 2.82 bits per heavy atom. The lowest BCUT2D eigenvalue weighted by atomic mass is 9.94. The molecule has 1 aromatic heterocycles. The van der Waals surface area contributed by atoms with E-state index in [-0.39, 0.29) is 5.60 Å². The molecule has 22 heavy (non-hydrogen) atoms. The summed E-state index contributed by atoms with van der Waals surface area (Å²) >= 11 is 0. The number of hydrogen-bond donors (Lipinski definition) is 1. The molecule has 3 rings (SSSR count). The minimum atomic E-state index is -0.196. The van der Waals surface area contributed by atoms with E-state index in [9.17, 15) is 5.26 Å². The van der Waals surface area contributed by atoms with Gasteiger partial charge in [-0.25, -0.2) is 0 Å². The van der Waals surface area contributed by atoms with Crippen LogP contribution in [0.2, 0.25) is 0 Å². The van der Waals surface area contributed by atoms with Crippen molar-refractivity contribution in [3.8, 4) is 6.07 Å². The number of rotatable bonds is 3. The molecule has 1 aromatic carbocycles. The summed E-state index contributed by atoms with van der Waals surface area (Å²) in [5, 5.41) is 12.7. The van der Waals surface area contributed by atoms with Crippen molar-refractivity contribution in [1.29, 1.82) is 5.26 Å². The number of para-hydroxylation sites is 1. The van der Waals surface area contributed by atoms with Crippen molar-refractivity contribution < 1.29 is 4.74 Å². The molecule has 0 radical (unpaired) electrons. The van der Waals surface area contributed by atoms with E-state index in [4.69, 9.17) is 9.72 Å². The second kappa shape index (κ2) is 5.78. The molecule has 4 heteroatoms. The van der Waals surface area contributed by atoms with Crippen LogP contribution in [0.25, 0.3) is 0 Å². The molecule has 0 fully saturated rings. The zero-order valence-electron chi connectivity index (χ0n) is 12.9. The van der Waals surface area contributed by atoms with Gasteiger partial charge in [-0.1, -0.05) is 18.2 Å². The minimum Gasteiger partial charge on any atom is -0.379 e. The number of nitrogens with one attached hydrogen (secondary N) is 1. The van der Waals surface area contributed by atoms with Crippen LogP contribution < -0.4 is 5.32 Å². The molecule has 2 heterocycles. The first-order valence-corrected chi connectivity index (χ1v) is 7.42. The number of anilines is 1. The highest BCUT2D eigenvalue weighted by Gasteiger charge is 2.28. The van der Waals surface area contributed by atoms with E-state index in [1.807, 2.05) is 36.4 Å². The summed E-state index contributed by atoms with van der Waals surface area (Å²) in [7, 11) is 0. The lowest BCUT2D eigenvalue weighted by Gasteiger charge is -2.31. The molecule has 0 atom stereocenters. The molecule has 0 bridgehead atoms. The predicted octanol–water partition coefficient (Wildman–Crippen LogP) is 3.42. The number of aromatic nitrogens is 1. The molecule has 0 unspecified atom stereocenters. The Morgan fingerprint density at radius 1 is 1.32 bits per heavy atom. The molecule has 0 amide bonds. The van der Waals surface area contributed by atoms with Gasteiger partial charge in [0, 0.05) is 23.4 Å². The Bertz CT molecular complexity index is 717. The highest BCUT2D eigenvalue weighted by atomic mass is 16.5. The minimum absolute atomic E-state index is 0.196. The average molecular weight is 293 g/mol. The summed E-state index contributed by atoms with van der Waals surface area (Å²) < 4.78 is 5.80. The maximum atomic E-state index is 9.36. The third-order valence-corrected chi connectivity index (χ3v) is 3.84. The third-order valence-electron chi connectivity index (χ3n) is 3.84. The van der Waals surface area contributed by atoms with Gasteiger partial charge in [0.1, 0.15) is 6.07 Å². The van der Waals surface area contributed by atoms with Gasteiger partial charge >= 0.3 is 0 Å². The van der Waals surface area contributed by atoms with Crippen LogP contribution in [-0.2, 0) is 24.3 Å². The molecule has 1 aliphatic rings. The Kier molecular flexibility index (Phi) is 3.82. The summed E-state index contributed by atoms with van der Waals surface area (Å²) in [6.45, 7) is 5.20. The summed E-state index contributed by atoms with van der Waals surface area (Å²) in [5.74, 6) is 0. The molecule has 4 nitrogen and oxygen atoms in total. The zero-order chi connectivity index (χ0) is 15.6. The maximum Gasteiger partial charge on any atom is 0.101 e. The molecule has 112 valence electrons. The topological polar surface area (TPSA) is 57.9 Å². The average Bonchev–Trinajstić information content (AvgIpc) is 2.52. The van der Waals surface area contributed by atoms with E-state index in [1.54, 1.807) is 0 Å². The highest BCUT2D eigenvalue weighted by molar-refractivity contribution is 5.45. The summed E-state index contributed by atoms with van der Waals surface area (Å²) in [5.41, 5.74) is 4.31. The van der Waals surface area contributed by atoms with E-state index in [1.165, 1.54) is 0 Å². The first-order chi connectivity index (χ1) is 10.6. The second-order valence-electron chi connectivity index (χ2n) is 6.14. The molecule has 0 aliphatic carbocycles. The predicted molar refractivity (Wildman–Crippen MR) is 85.3 cm³/mol. The van der Waals surface area contributed by atoms with Crippen LogP contribution in [-0.4, -0.2) is 10.6 Å². The van der Waals surface area contributed by atoms with Crippen molar-refractivity contribution in [2.24, 2.45) is 0 Å². The van der Waals surface area contributed by atoms with Crippen LogP contribution >= 0.6 is 0 Å².